The first-order valence-corrected chi connectivity index (χ1v) is 7.58. The Balaban J connectivity index is 2.43. The summed E-state index contributed by atoms with van der Waals surface area (Å²) in [7, 11) is 0. The van der Waals surface area contributed by atoms with E-state index in [1.165, 1.54) is 10.3 Å². The summed E-state index contributed by atoms with van der Waals surface area (Å²) < 4.78 is 1.18. The van der Waals surface area contributed by atoms with Crippen molar-refractivity contribution in [3.05, 3.63) is 17.3 Å². The Kier molecular flexibility index (Phi) is 4.40. The van der Waals surface area contributed by atoms with Crippen molar-refractivity contribution in [1.82, 2.24) is 9.97 Å². The Hall–Kier alpha value is -0.870. The van der Waals surface area contributed by atoms with E-state index in [1.54, 1.807) is 17.7 Å². The van der Waals surface area contributed by atoms with E-state index in [-0.39, 0.29) is 0 Å². The number of thiophene rings is 1. The number of hydrogen-bond acceptors (Lipinski definition) is 4. The van der Waals surface area contributed by atoms with Crippen LogP contribution in [-0.2, 0) is 0 Å². The summed E-state index contributed by atoms with van der Waals surface area (Å²) in [5.41, 5.74) is 2.29. The Labute approximate surface area is 117 Å². The van der Waals surface area contributed by atoms with Gasteiger partial charge in [-0.25, -0.2) is 9.97 Å². The smallest absolute Gasteiger partial charge is 0.150 e. The van der Waals surface area contributed by atoms with Crippen molar-refractivity contribution in [1.29, 1.82) is 0 Å². The maximum absolute atomic E-state index is 5.80. The molecule has 0 bridgehead atoms. The summed E-state index contributed by atoms with van der Waals surface area (Å²) in [6.45, 7) is 7.39. The number of anilines is 1. The van der Waals surface area contributed by atoms with Crippen LogP contribution < -0.4 is 4.90 Å². The Bertz CT molecular complexity index is 524. The molecule has 0 aromatic carbocycles. The van der Waals surface area contributed by atoms with E-state index in [1.807, 2.05) is 0 Å². The number of fused-ring (bicyclic) bond motifs is 1. The molecule has 2 rings (SSSR count). The maximum Gasteiger partial charge on any atom is 0.150 e. The molecule has 0 N–H and O–H groups in total. The van der Waals surface area contributed by atoms with E-state index in [2.05, 4.69) is 41.0 Å². The summed E-state index contributed by atoms with van der Waals surface area (Å²) in [5, 5.41) is 2.14. The predicted molar refractivity (Wildman–Crippen MR) is 80.0 cm³/mol. The van der Waals surface area contributed by atoms with Crippen molar-refractivity contribution < 1.29 is 0 Å². The molecular weight excluding hydrogens is 266 g/mol. The zero-order chi connectivity index (χ0) is 13.1. The van der Waals surface area contributed by atoms with Gasteiger partial charge in [0, 0.05) is 18.5 Å². The van der Waals surface area contributed by atoms with E-state index in [4.69, 9.17) is 11.6 Å². The molecule has 3 nitrogen and oxygen atoms in total. The summed E-state index contributed by atoms with van der Waals surface area (Å²) in [6, 6.07) is 0.411. The number of aryl methyl sites for hydroxylation is 1. The van der Waals surface area contributed by atoms with Crippen molar-refractivity contribution in [3.63, 3.8) is 0 Å². The molecule has 2 heterocycles. The zero-order valence-corrected chi connectivity index (χ0v) is 12.6. The second kappa shape index (κ2) is 5.85. The molecule has 0 aliphatic carbocycles. The van der Waals surface area contributed by atoms with E-state index in [0.29, 0.717) is 11.9 Å². The van der Waals surface area contributed by atoms with Crippen LogP contribution in [0.25, 0.3) is 10.2 Å². The fourth-order valence-electron chi connectivity index (χ4n) is 2.00. The second-order valence-electron chi connectivity index (χ2n) is 4.62. The van der Waals surface area contributed by atoms with Gasteiger partial charge in [-0.3, -0.25) is 0 Å². The molecule has 0 amide bonds. The standard InChI is InChI=1S/C13H18ClN3S/c1-9(2)17(6-4-5-14)13-12-11(15-8-16-13)10(3)7-18-12/h7-9H,4-6H2,1-3H3. The lowest BCUT2D eigenvalue weighted by Gasteiger charge is -2.27. The summed E-state index contributed by atoms with van der Waals surface area (Å²) in [5.74, 6) is 1.72. The van der Waals surface area contributed by atoms with Gasteiger partial charge in [0.2, 0.25) is 0 Å². The molecule has 2 aromatic heterocycles. The minimum Gasteiger partial charge on any atom is -0.353 e. The minimum absolute atomic E-state index is 0.411. The quantitative estimate of drug-likeness (QED) is 0.781. The normalized spacial score (nSPS) is 11.4. The molecule has 18 heavy (non-hydrogen) atoms. The first-order chi connectivity index (χ1) is 8.65. The van der Waals surface area contributed by atoms with Crippen LogP contribution in [-0.4, -0.2) is 28.4 Å². The first kappa shape index (κ1) is 13.6. The van der Waals surface area contributed by atoms with Crippen molar-refractivity contribution in [2.45, 2.75) is 33.2 Å². The number of aromatic nitrogens is 2. The van der Waals surface area contributed by atoms with Crippen LogP contribution in [0.2, 0.25) is 0 Å². The van der Waals surface area contributed by atoms with Crippen LogP contribution in [0.4, 0.5) is 5.82 Å². The highest BCUT2D eigenvalue weighted by molar-refractivity contribution is 7.18. The van der Waals surface area contributed by atoms with Crippen LogP contribution in [0.5, 0.6) is 0 Å². The van der Waals surface area contributed by atoms with Gasteiger partial charge in [0.25, 0.3) is 0 Å². The number of rotatable bonds is 5. The summed E-state index contributed by atoms with van der Waals surface area (Å²) in [4.78, 5) is 11.2. The number of hydrogen-bond donors (Lipinski definition) is 0. The Morgan fingerprint density at radius 1 is 1.39 bits per heavy atom. The van der Waals surface area contributed by atoms with Gasteiger partial charge in [0.15, 0.2) is 0 Å². The molecule has 0 saturated carbocycles. The maximum atomic E-state index is 5.80. The highest BCUT2D eigenvalue weighted by Crippen LogP contribution is 2.31. The molecule has 0 spiro atoms. The van der Waals surface area contributed by atoms with E-state index in [0.717, 1.165) is 24.3 Å². The van der Waals surface area contributed by atoms with Crippen molar-refractivity contribution >= 4 is 39.0 Å². The molecule has 0 unspecified atom stereocenters. The van der Waals surface area contributed by atoms with Crippen LogP contribution >= 0.6 is 22.9 Å². The zero-order valence-electron chi connectivity index (χ0n) is 11.0. The molecule has 0 aliphatic heterocycles. The molecule has 98 valence electrons. The topological polar surface area (TPSA) is 29.0 Å². The van der Waals surface area contributed by atoms with Crippen molar-refractivity contribution in [2.24, 2.45) is 0 Å². The molecule has 0 radical (unpaired) electrons. The largest absolute Gasteiger partial charge is 0.353 e. The van der Waals surface area contributed by atoms with Gasteiger partial charge in [0.1, 0.15) is 12.1 Å². The van der Waals surface area contributed by atoms with Crippen molar-refractivity contribution in [3.8, 4) is 0 Å². The lowest BCUT2D eigenvalue weighted by atomic mass is 10.2. The van der Waals surface area contributed by atoms with Gasteiger partial charge in [0.05, 0.1) is 10.2 Å². The molecule has 2 aromatic rings. The predicted octanol–water partition coefficient (Wildman–Crippen LogP) is 3.84. The van der Waals surface area contributed by atoms with Crippen LogP contribution in [0.15, 0.2) is 11.7 Å². The number of alkyl halides is 1. The molecule has 0 saturated heterocycles. The third-order valence-corrected chi connectivity index (χ3v) is 4.29. The SMILES string of the molecule is Cc1csc2c(N(CCCCl)C(C)C)ncnc12. The monoisotopic (exact) mass is 283 g/mol. The molecule has 0 fully saturated rings. The third-order valence-electron chi connectivity index (χ3n) is 2.94. The first-order valence-electron chi connectivity index (χ1n) is 6.16. The lowest BCUT2D eigenvalue weighted by Crippen LogP contribution is -2.32. The summed E-state index contributed by atoms with van der Waals surface area (Å²) in [6.07, 6.45) is 2.63. The Morgan fingerprint density at radius 2 is 2.17 bits per heavy atom. The second-order valence-corrected chi connectivity index (χ2v) is 5.88. The third kappa shape index (κ3) is 2.59. The highest BCUT2D eigenvalue weighted by atomic mass is 35.5. The molecule has 0 aliphatic rings. The fraction of sp³-hybridized carbons (Fsp3) is 0.538. The van der Waals surface area contributed by atoms with Gasteiger partial charge in [-0.15, -0.1) is 22.9 Å². The number of nitrogens with zero attached hydrogens (tertiary/aromatic N) is 3. The average Bonchev–Trinajstić information content (AvgIpc) is 2.72. The van der Waals surface area contributed by atoms with E-state index in [9.17, 15) is 0 Å². The molecular formula is C13H18ClN3S. The van der Waals surface area contributed by atoms with E-state index >= 15 is 0 Å². The highest BCUT2D eigenvalue weighted by Gasteiger charge is 2.16. The van der Waals surface area contributed by atoms with E-state index < -0.39 is 0 Å². The number of halogens is 1. The van der Waals surface area contributed by atoms with Gasteiger partial charge in [-0.05, 0) is 38.1 Å². The Morgan fingerprint density at radius 3 is 2.83 bits per heavy atom. The van der Waals surface area contributed by atoms with Crippen LogP contribution in [0.1, 0.15) is 25.8 Å². The fourth-order valence-corrected chi connectivity index (χ4v) is 3.13. The van der Waals surface area contributed by atoms with Gasteiger partial charge >= 0.3 is 0 Å². The van der Waals surface area contributed by atoms with Crippen molar-refractivity contribution in [2.75, 3.05) is 17.3 Å². The average molecular weight is 284 g/mol. The molecule has 5 heteroatoms. The van der Waals surface area contributed by atoms with Gasteiger partial charge in [-0.2, -0.15) is 0 Å². The molecule has 0 atom stereocenters. The lowest BCUT2D eigenvalue weighted by molar-refractivity contribution is 0.666. The summed E-state index contributed by atoms with van der Waals surface area (Å²) >= 11 is 7.52. The van der Waals surface area contributed by atoms with Gasteiger partial charge < -0.3 is 4.90 Å². The van der Waals surface area contributed by atoms with Gasteiger partial charge in [-0.1, -0.05) is 0 Å². The van der Waals surface area contributed by atoms with Crippen LogP contribution in [0, 0.1) is 6.92 Å². The minimum atomic E-state index is 0.411. The van der Waals surface area contributed by atoms with Crippen LogP contribution in [0.3, 0.4) is 0 Å².